The Balaban J connectivity index is 1.86. The number of hydrogen-bond acceptors (Lipinski definition) is 1. The molecule has 2 aliphatic rings. The smallest absolute Gasteiger partial charge is 0.0181 e. The molecule has 1 heteroatoms. The van der Waals surface area contributed by atoms with Crippen molar-refractivity contribution in [3.05, 3.63) is 0 Å². The second-order valence-corrected chi connectivity index (χ2v) is 5.99. The van der Waals surface area contributed by atoms with E-state index in [0.717, 1.165) is 0 Å². The lowest BCUT2D eigenvalue weighted by molar-refractivity contribution is 0.210. The van der Waals surface area contributed by atoms with Crippen LogP contribution in [0, 0.1) is 0 Å². The van der Waals surface area contributed by atoms with Crippen molar-refractivity contribution in [1.82, 2.24) is 5.32 Å². The zero-order valence-corrected chi connectivity index (χ0v) is 10.9. The minimum absolute atomic E-state index is 0.558. The first-order valence-corrected chi connectivity index (χ1v) is 7.66. The molecule has 1 N–H and O–H groups in total. The van der Waals surface area contributed by atoms with Crippen molar-refractivity contribution in [3.8, 4) is 0 Å². The van der Waals surface area contributed by atoms with E-state index in [0.29, 0.717) is 5.54 Å². The van der Waals surface area contributed by atoms with Crippen LogP contribution in [0.5, 0.6) is 0 Å². The lowest BCUT2D eigenvalue weighted by Crippen LogP contribution is -2.48. The topological polar surface area (TPSA) is 12.0 Å². The van der Waals surface area contributed by atoms with Crippen LogP contribution in [0.1, 0.15) is 83.5 Å². The van der Waals surface area contributed by atoms with Crippen LogP contribution in [0.2, 0.25) is 0 Å². The Hall–Kier alpha value is -0.0400. The fourth-order valence-corrected chi connectivity index (χ4v) is 3.57. The number of hydrogen-bond donors (Lipinski definition) is 1. The van der Waals surface area contributed by atoms with Crippen molar-refractivity contribution >= 4 is 0 Å². The summed E-state index contributed by atoms with van der Waals surface area (Å²) in [4.78, 5) is 0. The minimum atomic E-state index is 0.558. The molecule has 1 nitrogen and oxygen atoms in total. The number of nitrogens with one attached hydrogen (secondary N) is 1. The Morgan fingerprint density at radius 2 is 0.938 bits per heavy atom. The molecule has 1 heterocycles. The van der Waals surface area contributed by atoms with Crippen molar-refractivity contribution in [2.45, 2.75) is 89.0 Å². The second kappa shape index (κ2) is 6.64. The highest BCUT2D eigenvalue weighted by Crippen LogP contribution is 2.31. The maximum Gasteiger partial charge on any atom is 0.0181 e. The largest absolute Gasteiger partial charge is 0.311 e. The molecule has 1 saturated carbocycles. The predicted molar refractivity (Wildman–Crippen MR) is 70.8 cm³/mol. The van der Waals surface area contributed by atoms with Crippen molar-refractivity contribution in [2.24, 2.45) is 0 Å². The Morgan fingerprint density at radius 3 is 1.38 bits per heavy atom. The van der Waals surface area contributed by atoms with Crippen molar-refractivity contribution in [1.29, 1.82) is 0 Å². The monoisotopic (exact) mass is 223 g/mol. The van der Waals surface area contributed by atoms with Crippen LogP contribution >= 0.6 is 0 Å². The van der Waals surface area contributed by atoms with Gasteiger partial charge < -0.3 is 5.32 Å². The molecule has 0 aromatic rings. The molecule has 0 atom stereocenters. The molecule has 1 aliphatic heterocycles. The molecule has 16 heavy (non-hydrogen) atoms. The molecule has 1 spiro atoms. The van der Waals surface area contributed by atoms with E-state index in [4.69, 9.17) is 0 Å². The van der Waals surface area contributed by atoms with Gasteiger partial charge in [0.05, 0.1) is 0 Å². The summed E-state index contributed by atoms with van der Waals surface area (Å²) < 4.78 is 0. The average molecular weight is 223 g/mol. The molecular weight excluding hydrogens is 194 g/mol. The molecule has 0 bridgehead atoms. The lowest BCUT2D eigenvalue weighted by atomic mass is 9.80. The lowest BCUT2D eigenvalue weighted by Gasteiger charge is -2.39. The highest BCUT2D eigenvalue weighted by atomic mass is 15.0. The van der Waals surface area contributed by atoms with Gasteiger partial charge in [-0.05, 0) is 32.2 Å². The quantitative estimate of drug-likeness (QED) is 0.641. The first-order chi connectivity index (χ1) is 7.91. The zero-order chi connectivity index (χ0) is 11.1. The minimum Gasteiger partial charge on any atom is -0.311 e. The Bertz CT molecular complexity index is 168. The summed E-state index contributed by atoms with van der Waals surface area (Å²) >= 11 is 0. The maximum absolute atomic E-state index is 3.87. The van der Waals surface area contributed by atoms with Crippen LogP contribution in [-0.2, 0) is 0 Å². The van der Waals surface area contributed by atoms with Gasteiger partial charge in [0.15, 0.2) is 0 Å². The van der Waals surface area contributed by atoms with Gasteiger partial charge in [-0.3, -0.25) is 0 Å². The highest BCUT2D eigenvalue weighted by Gasteiger charge is 2.30. The third kappa shape index (κ3) is 3.76. The molecule has 2 fully saturated rings. The third-order valence-corrected chi connectivity index (χ3v) is 4.64. The van der Waals surface area contributed by atoms with Crippen LogP contribution in [0.25, 0.3) is 0 Å². The standard InChI is InChI=1S/C15H29N/c1-2-4-6-8-12-15(11-7-5-3-1)13-9-10-14-16-15/h16H,1-14H2. The molecule has 0 radical (unpaired) electrons. The molecule has 0 aromatic carbocycles. The number of piperidine rings is 1. The molecule has 1 saturated heterocycles. The summed E-state index contributed by atoms with van der Waals surface area (Å²) in [6.45, 7) is 1.28. The SMILES string of the molecule is C1CCCCCC2(CCCC1)CCCCN2. The molecule has 2 rings (SSSR count). The molecule has 0 aromatic heterocycles. The van der Waals surface area contributed by atoms with E-state index in [1.165, 1.54) is 90.0 Å². The normalized spacial score (nSPS) is 28.5. The first kappa shape index (κ1) is 12.4. The second-order valence-electron chi connectivity index (χ2n) is 5.99. The summed E-state index contributed by atoms with van der Waals surface area (Å²) in [6, 6.07) is 0. The highest BCUT2D eigenvalue weighted by molar-refractivity contribution is 4.90. The van der Waals surface area contributed by atoms with E-state index in [-0.39, 0.29) is 0 Å². The average Bonchev–Trinajstić information content (AvgIpc) is 2.37. The summed E-state index contributed by atoms with van der Waals surface area (Å²) in [5, 5.41) is 3.87. The van der Waals surface area contributed by atoms with Gasteiger partial charge in [-0.1, -0.05) is 57.8 Å². The van der Waals surface area contributed by atoms with Crippen LogP contribution < -0.4 is 5.32 Å². The van der Waals surface area contributed by atoms with E-state index >= 15 is 0 Å². The Morgan fingerprint density at radius 1 is 0.500 bits per heavy atom. The predicted octanol–water partition coefficient (Wildman–Crippen LogP) is 4.41. The molecule has 0 amide bonds. The molecule has 0 unspecified atom stereocenters. The van der Waals surface area contributed by atoms with Gasteiger partial charge in [0.2, 0.25) is 0 Å². The van der Waals surface area contributed by atoms with Crippen LogP contribution in [0.4, 0.5) is 0 Å². The van der Waals surface area contributed by atoms with E-state index in [2.05, 4.69) is 5.32 Å². The van der Waals surface area contributed by atoms with Crippen molar-refractivity contribution in [3.63, 3.8) is 0 Å². The fraction of sp³-hybridized carbons (Fsp3) is 1.00. The van der Waals surface area contributed by atoms with Gasteiger partial charge in [0, 0.05) is 5.54 Å². The first-order valence-electron chi connectivity index (χ1n) is 7.66. The zero-order valence-electron chi connectivity index (χ0n) is 10.9. The fourth-order valence-electron chi connectivity index (χ4n) is 3.57. The molecular formula is C15H29N. The van der Waals surface area contributed by atoms with Crippen molar-refractivity contribution < 1.29 is 0 Å². The van der Waals surface area contributed by atoms with Gasteiger partial charge in [-0.25, -0.2) is 0 Å². The van der Waals surface area contributed by atoms with Crippen LogP contribution in [0.3, 0.4) is 0 Å². The summed E-state index contributed by atoms with van der Waals surface area (Å²) in [6.07, 6.45) is 19.0. The van der Waals surface area contributed by atoms with Crippen LogP contribution in [-0.4, -0.2) is 12.1 Å². The van der Waals surface area contributed by atoms with Gasteiger partial charge in [0.25, 0.3) is 0 Å². The van der Waals surface area contributed by atoms with Gasteiger partial charge >= 0.3 is 0 Å². The molecule has 94 valence electrons. The van der Waals surface area contributed by atoms with E-state index in [9.17, 15) is 0 Å². The van der Waals surface area contributed by atoms with E-state index in [1.807, 2.05) is 0 Å². The van der Waals surface area contributed by atoms with Gasteiger partial charge in [0.1, 0.15) is 0 Å². The Kier molecular flexibility index (Phi) is 5.15. The number of rotatable bonds is 0. The van der Waals surface area contributed by atoms with Gasteiger partial charge in [-0.15, -0.1) is 0 Å². The summed E-state index contributed by atoms with van der Waals surface area (Å²) in [7, 11) is 0. The molecule has 1 aliphatic carbocycles. The Labute approximate surface area is 101 Å². The van der Waals surface area contributed by atoms with Crippen LogP contribution in [0.15, 0.2) is 0 Å². The van der Waals surface area contributed by atoms with E-state index < -0.39 is 0 Å². The van der Waals surface area contributed by atoms with Crippen molar-refractivity contribution in [2.75, 3.05) is 6.54 Å². The van der Waals surface area contributed by atoms with Gasteiger partial charge in [-0.2, -0.15) is 0 Å². The summed E-state index contributed by atoms with van der Waals surface area (Å²) in [5.41, 5.74) is 0.558. The summed E-state index contributed by atoms with van der Waals surface area (Å²) in [5.74, 6) is 0. The van der Waals surface area contributed by atoms with E-state index in [1.54, 1.807) is 0 Å². The maximum atomic E-state index is 3.87. The third-order valence-electron chi connectivity index (χ3n) is 4.64.